The van der Waals surface area contributed by atoms with Crippen LogP contribution in [-0.2, 0) is 17.6 Å². The van der Waals surface area contributed by atoms with E-state index >= 15 is 0 Å². The van der Waals surface area contributed by atoms with Crippen LogP contribution in [0.2, 0.25) is 0 Å². The van der Waals surface area contributed by atoms with Crippen LogP contribution in [0.3, 0.4) is 0 Å². The number of hydrogen-bond acceptors (Lipinski definition) is 4. The summed E-state index contributed by atoms with van der Waals surface area (Å²) in [6.07, 6.45) is 3.13. The van der Waals surface area contributed by atoms with E-state index in [-0.39, 0.29) is 11.4 Å². The van der Waals surface area contributed by atoms with E-state index in [9.17, 15) is 9.90 Å². The summed E-state index contributed by atoms with van der Waals surface area (Å²) in [6.45, 7) is 0.844. The largest absolute Gasteiger partial charge is 0.465 e. The Bertz CT molecular complexity index is 514. The Hall–Kier alpha value is -1.39. The van der Waals surface area contributed by atoms with Gasteiger partial charge in [-0.1, -0.05) is 12.1 Å². The second-order valence-electron chi connectivity index (χ2n) is 5.58. The lowest BCUT2D eigenvalue weighted by Crippen LogP contribution is -2.41. The summed E-state index contributed by atoms with van der Waals surface area (Å²) in [5, 5.41) is 13.3. The maximum Gasteiger partial charge on any atom is 0.338 e. The summed E-state index contributed by atoms with van der Waals surface area (Å²) in [5.41, 5.74) is 2.81. The number of esters is 1. The van der Waals surface area contributed by atoms with Crippen molar-refractivity contribution < 1.29 is 14.6 Å². The summed E-state index contributed by atoms with van der Waals surface area (Å²) >= 11 is 0. The Morgan fingerprint density at radius 3 is 3.00 bits per heavy atom. The topological polar surface area (TPSA) is 58.6 Å². The third-order valence-electron chi connectivity index (χ3n) is 4.64. The van der Waals surface area contributed by atoms with Crippen LogP contribution in [-0.4, -0.2) is 31.0 Å². The van der Waals surface area contributed by atoms with Gasteiger partial charge in [0, 0.05) is 5.41 Å². The van der Waals surface area contributed by atoms with Gasteiger partial charge in [-0.05, 0) is 49.4 Å². The predicted octanol–water partition coefficient (Wildman–Crippen LogP) is 1.26. The van der Waals surface area contributed by atoms with Crippen LogP contribution < -0.4 is 5.32 Å². The molecule has 1 fully saturated rings. The minimum absolute atomic E-state index is 0.114. The highest BCUT2D eigenvalue weighted by molar-refractivity contribution is 5.91. The van der Waals surface area contributed by atoms with E-state index in [0.29, 0.717) is 5.56 Å². The van der Waals surface area contributed by atoms with E-state index in [1.54, 1.807) is 0 Å². The van der Waals surface area contributed by atoms with Crippen molar-refractivity contribution >= 4 is 5.97 Å². The summed E-state index contributed by atoms with van der Waals surface area (Å²) in [5.74, 6) is -0.283. The van der Waals surface area contributed by atoms with E-state index in [1.165, 1.54) is 12.7 Å². The highest BCUT2D eigenvalue weighted by Crippen LogP contribution is 2.43. The molecule has 3 rings (SSSR count). The Morgan fingerprint density at radius 1 is 1.47 bits per heavy atom. The highest BCUT2D eigenvalue weighted by Gasteiger charge is 2.44. The number of aryl methyl sites for hydroxylation is 1. The molecule has 1 aliphatic heterocycles. The molecule has 2 atom stereocenters. The normalized spacial score (nSPS) is 29.3. The molecule has 19 heavy (non-hydrogen) atoms. The van der Waals surface area contributed by atoms with Crippen molar-refractivity contribution in [2.45, 2.75) is 31.9 Å². The molecule has 1 spiro atoms. The number of aliphatic hydroxyl groups excluding tert-OH is 1. The van der Waals surface area contributed by atoms with E-state index in [1.807, 2.05) is 12.1 Å². The molecule has 2 unspecified atom stereocenters. The van der Waals surface area contributed by atoms with Gasteiger partial charge in [0.25, 0.3) is 0 Å². The van der Waals surface area contributed by atoms with Crippen molar-refractivity contribution in [3.8, 4) is 0 Å². The van der Waals surface area contributed by atoms with Crippen LogP contribution >= 0.6 is 0 Å². The van der Waals surface area contributed by atoms with Gasteiger partial charge in [-0.3, -0.25) is 5.32 Å². The molecule has 1 aromatic carbocycles. The van der Waals surface area contributed by atoms with Crippen molar-refractivity contribution in [3.05, 3.63) is 34.9 Å². The van der Waals surface area contributed by atoms with Crippen molar-refractivity contribution in [2.75, 3.05) is 13.7 Å². The van der Waals surface area contributed by atoms with E-state index in [4.69, 9.17) is 4.74 Å². The van der Waals surface area contributed by atoms with Gasteiger partial charge in [0.05, 0.1) is 12.7 Å². The van der Waals surface area contributed by atoms with Crippen LogP contribution in [0.5, 0.6) is 0 Å². The van der Waals surface area contributed by atoms with Gasteiger partial charge < -0.3 is 9.84 Å². The smallest absolute Gasteiger partial charge is 0.338 e. The summed E-state index contributed by atoms with van der Waals surface area (Å²) in [4.78, 5) is 11.9. The van der Waals surface area contributed by atoms with Gasteiger partial charge in [0.15, 0.2) is 0 Å². The zero-order chi connectivity index (χ0) is 13.5. The third-order valence-corrected chi connectivity index (χ3v) is 4.64. The first kappa shape index (κ1) is 12.6. The molecule has 1 aliphatic carbocycles. The molecule has 0 aromatic heterocycles. The van der Waals surface area contributed by atoms with Gasteiger partial charge in [-0.15, -0.1) is 0 Å². The minimum Gasteiger partial charge on any atom is -0.465 e. The molecule has 0 amide bonds. The molecule has 2 N–H and O–H groups in total. The fraction of sp³-hybridized carbons (Fsp3) is 0.533. The molecular formula is C15H19NO3. The number of nitrogens with one attached hydrogen (secondary N) is 1. The van der Waals surface area contributed by atoms with Crippen LogP contribution in [0.1, 0.15) is 34.3 Å². The Labute approximate surface area is 112 Å². The number of carbonyl (C=O) groups excluding carboxylic acids is 1. The third kappa shape index (κ3) is 1.95. The molecule has 1 saturated heterocycles. The minimum atomic E-state index is -0.466. The van der Waals surface area contributed by atoms with E-state index < -0.39 is 6.23 Å². The Morgan fingerprint density at radius 2 is 2.32 bits per heavy atom. The summed E-state index contributed by atoms with van der Waals surface area (Å²) < 4.78 is 4.86. The molecule has 2 aliphatic rings. The number of aliphatic hydroxyl groups is 1. The molecule has 0 radical (unpaired) electrons. The van der Waals surface area contributed by atoms with Gasteiger partial charge in [-0.25, -0.2) is 4.79 Å². The second-order valence-corrected chi connectivity index (χ2v) is 5.58. The molecular weight excluding hydrogens is 242 g/mol. The quantitative estimate of drug-likeness (QED) is 0.747. The maximum absolute atomic E-state index is 11.9. The van der Waals surface area contributed by atoms with Gasteiger partial charge in [0.2, 0.25) is 0 Å². The molecule has 4 nitrogen and oxygen atoms in total. The lowest BCUT2D eigenvalue weighted by atomic mass is 9.69. The van der Waals surface area contributed by atoms with Crippen molar-refractivity contribution in [2.24, 2.45) is 5.41 Å². The maximum atomic E-state index is 11.9. The average molecular weight is 261 g/mol. The standard InChI is InChI=1S/C15H19NO3/c1-19-13(17)11-4-2-3-10-5-6-15(9-12(10)11)7-8-16-14(15)18/h2-4,14,16,18H,5-9H2,1H3. The summed E-state index contributed by atoms with van der Waals surface area (Å²) in [7, 11) is 1.41. The Balaban J connectivity index is 2.01. The van der Waals surface area contributed by atoms with E-state index in [2.05, 4.69) is 11.4 Å². The van der Waals surface area contributed by atoms with Gasteiger partial charge >= 0.3 is 5.97 Å². The number of ether oxygens (including phenoxy) is 1. The molecule has 1 heterocycles. The predicted molar refractivity (Wildman–Crippen MR) is 70.9 cm³/mol. The summed E-state index contributed by atoms with van der Waals surface area (Å²) in [6, 6.07) is 5.80. The molecule has 0 saturated carbocycles. The van der Waals surface area contributed by atoms with Crippen LogP contribution in [0.25, 0.3) is 0 Å². The SMILES string of the molecule is COC(=O)c1cccc2c1CC1(CCNC1O)CC2. The lowest BCUT2D eigenvalue weighted by molar-refractivity contribution is 0.0266. The van der Waals surface area contributed by atoms with Gasteiger partial charge in [0.1, 0.15) is 6.23 Å². The average Bonchev–Trinajstić information content (AvgIpc) is 2.78. The van der Waals surface area contributed by atoms with Crippen molar-refractivity contribution in [1.29, 1.82) is 0 Å². The molecule has 4 heteroatoms. The number of carbonyl (C=O) groups is 1. The zero-order valence-corrected chi connectivity index (χ0v) is 11.1. The highest BCUT2D eigenvalue weighted by atomic mass is 16.5. The van der Waals surface area contributed by atoms with Crippen LogP contribution in [0.4, 0.5) is 0 Å². The van der Waals surface area contributed by atoms with Crippen LogP contribution in [0, 0.1) is 5.41 Å². The van der Waals surface area contributed by atoms with Crippen molar-refractivity contribution in [3.63, 3.8) is 0 Å². The number of benzene rings is 1. The first-order valence-electron chi connectivity index (χ1n) is 6.77. The molecule has 0 bridgehead atoms. The monoisotopic (exact) mass is 261 g/mol. The zero-order valence-electron chi connectivity index (χ0n) is 11.1. The second kappa shape index (κ2) is 4.62. The number of fused-ring (bicyclic) bond motifs is 1. The lowest BCUT2D eigenvalue weighted by Gasteiger charge is -2.37. The Kier molecular flexibility index (Phi) is 3.07. The fourth-order valence-electron chi connectivity index (χ4n) is 3.46. The first-order chi connectivity index (χ1) is 9.16. The van der Waals surface area contributed by atoms with Gasteiger partial charge in [-0.2, -0.15) is 0 Å². The number of methoxy groups -OCH3 is 1. The van der Waals surface area contributed by atoms with Crippen LogP contribution in [0.15, 0.2) is 18.2 Å². The number of rotatable bonds is 1. The fourth-order valence-corrected chi connectivity index (χ4v) is 3.46. The molecule has 102 valence electrons. The molecule has 1 aromatic rings. The van der Waals surface area contributed by atoms with Crippen molar-refractivity contribution in [1.82, 2.24) is 5.32 Å². The number of hydrogen-bond donors (Lipinski definition) is 2. The first-order valence-corrected chi connectivity index (χ1v) is 6.77. The van der Waals surface area contributed by atoms with E-state index in [0.717, 1.165) is 37.8 Å².